The molecule has 1 aliphatic heterocycles. The zero-order valence-corrected chi connectivity index (χ0v) is 18.6. The van der Waals surface area contributed by atoms with Gasteiger partial charge in [-0.1, -0.05) is 11.6 Å². The van der Waals surface area contributed by atoms with E-state index in [0.717, 1.165) is 4.91 Å². The molecule has 32 heavy (non-hydrogen) atoms. The van der Waals surface area contributed by atoms with Crippen LogP contribution in [0.15, 0.2) is 60.7 Å². The van der Waals surface area contributed by atoms with Crippen molar-refractivity contribution in [2.75, 3.05) is 19.3 Å². The Morgan fingerprint density at radius 3 is 2.66 bits per heavy atom. The largest absolute Gasteiger partial charge is 0.508 e. The highest BCUT2D eigenvalue weighted by molar-refractivity contribution is 8.08. The van der Waals surface area contributed by atoms with Crippen molar-refractivity contribution in [3.05, 3.63) is 82.6 Å². The molecule has 5 nitrogen and oxygen atoms in total. The number of halogens is 2. The van der Waals surface area contributed by atoms with Gasteiger partial charge in [-0.15, -0.1) is 11.8 Å². The number of carbonyl (C=O) groups excluding carboxylic acids is 1. The third-order valence-electron chi connectivity index (χ3n) is 4.72. The molecule has 164 valence electrons. The summed E-state index contributed by atoms with van der Waals surface area (Å²) in [6, 6.07) is 15.7. The van der Waals surface area contributed by atoms with E-state index in [0.29, 0.717) is 45.7 Å². The lowest BCUT2D eigenvalue weighted by atomic mass is 10.1. The Labute approximate surface area is 194 Å². The second kappa shape index (κ2) is 9.54. The topological polar surface area (TPSA) is 59.0 Å². The Balaban J connectivity index is 1.47. The summed E-state index contributed by atoms with van der Waals surface area (Å²) in [5, 5.41) is 10.4. The van der Waals surface area contributed by atoms with Gasteiger partial charge in [0.05, 0.1) is 0 Å². The van der Waals surface area contributed by atoms with Crippen LogP contribution in [0.1, 0.15) is 11.1 Å². The molecule has 0 atom stereocenters. The molecule has 0 aliphatic carbocycles. The van der Waals surface area contributed by atoms with Gasteiger partial charge in [0, 0.05) is 40.4 Å². The van der Waals surface area contributed by atoms with Crippen LogP contribution in [0, 0.1) is 5.82 Å². The van der Waals surface area contributed by atoms with Crippen LogP contribution < -0.4 is 9.47 Å². The average Bonchev–Trinajstić information content (AvgIpc) is 2.91. The van der Waals surface area contributed by atoms with Crippen LogP contribution in [-0.4, -0.2) is 35.4 Å². The van der Waals surface area contributed by atoms with Crippen molar-refractivity contribution < 1.29 is 23.8 Å². The number of fused-ring (bicyclic) bond motifs is 2. The first-order chi connectivity index (χ1) is 15.4. The Morgan fingerprint density at radius 1 is 1.12 bits per heavy atom. The zero-order valence-electron chi connectivity index (χ0n) is 17.0. The number of phenolic OH excluding ortho intramolecular Hbond substituents is 1. The summed E-state index contributed by atoms with van der Waals surface area (Å²) < 4.78 is 25.3. The number of carbonyl (C=O) groups is 1. The van der Waals surface area contributed by atoms with Crippen LogP contribution in [0.4, 0.5) is 9.18 Å². The van der Waals surface area contributed by atoms with Crippen LogP contribution in [0.3, 0.4) is 0 Å². The van der Waals surface area contributed by atoms with Gasteiger partial charge in [0.2, 0.25) is 0 Å². The van der Waals surface area contributed by atoms with Gasteiger partial charge in [-0.3, -0.25) is 0 Å². The predicted octanol–water partition coefficient (Wildman–Crippen LogP) is 6.65. The molecule has 0 unspecified atom stereocenters. The van der Waals surface area contributed by atoms with Crippen molar-refractivity contribution in [1.82, 2.24) is 4.90 Å². The van der Waals surface area contributed by atoms with Gasteiger partial charge < -0.3 is 19.5 Å². The van der Waals surface area contributed by atoms with Gasteiger partial charge in [-0.05, 0) is 66.7 Å². The summed E-state index contributed by atoms with van der Waals surface area (Å²) in [5.74, 6) is 1.75. The number of nitrogens with zero attached hydrogens (tertiary/aromatic N) is 1. The molecular formula is C24H19ClFNO4S. The number of amides is 1. The third kappa shape index (κ3) is 5.18. The van der Waals surface area contributed by atoms with Crippen LogP contribution in [0.25, 0.3) is 11.0 Å². The molecule has 3 aromatic carbocycles. The highest BCUT2D eigenvalue weighted by Crippen LogP contribution is 2.43. The number of thioether (sulfide) groups is 1. The van der Waals surface area contributed by atoms with Gasteiger partial charge in [-0.25, -0.2) is 9.18 Å². The number of ether oxygens (including phenoxy) is 2. The summed E-state index contributed by atoms with van der Waals surface area (Å²) in [7, 11) is 1.64. The highest BCUT2D eigenvalue weighted by Gasteiger charge is 2.19. The van der Waals surface area contributed by atoms with E-state index in [9.17, 15) is 14.3 Å². The van der Waals surface area contributed by atoms with Crippen molar-refractivity contribution in [2.24, 2.45) is 0 Å². The lowest BCUT2D eigenvalue weighted by molar-refractivity contribution is 0.165. The molecule has 1 N–H and O–H groups in total. The van der Waals surface area contributed by atoms with Gasteiger partial charge in [0.15, 0.2) is 0 Å². The molecule has 4 rings (SSSR count). The molecular weight excluding hydrogens is 453 g/mol. The van der Waals surface area contributed by atoms with Crippen molar-refractivity contribution in [3.63, 3.8) is 0 Å². The van der Waals surface area contributed by atoms with Crippen molar-refractivity contribution in [1.29, 1.82) is 0 Å². The lowest BCUT2D eigenvalue weighted by Gasteiger charge is -2.17. The van der Waals surface area contributed by atoms with Crippen LogP contribution in [0.2, 0.25) is 5.02 Å². The van der Waals surface area contributed by atoms with Gasteiger partial charge in [0.1, 0.15) is 28.8 Å². The molecule has 3 aromatic rings. The molecule has 1 heterocycles. The van der Waals surface area contributed by atoms with Gasteiger partial charge in [0.25, 0.3) is 0 Å². The molecule has 1 amide bonds. The summed E-state index contributed by atoms with van der Waals surface area (Å²) in [6.07, 6.45) is 1.35. The fourth-order valence-corrected chi connectivity index (χ4v) is 4.28. The summed E-state index contributed by atoms with van der Waals surface area (Å²) in [4.78, 5) is 14.6. The van der Waals surface area contributed by atoms with E-state index in [2.05, 4.69) is 0 Å². The quantitative estimate of drug-likeness (QED) is 0.451. The highest BCUT2D eigenvalue weighted by atomic mass is 35.5. The van der Waals surface area contributed by atoms with Crippen molar-refractivity contribution >= 4 is 40.4 Å². The Bertz CT molecular complexity index is 1180. The van der Waals surface area contributed by atoms with Crippen LogP contribution >= 0.6 is 23.4 Å². The number of hydrogen-bond donors (Lipinski definition) is 1. The first-order valence-electron chi connectivity index (χ1n) is 9.73. The van der Waals surface area contributed by atoms with E-state index in [-0.39, 0.29) is 11.6 Å². The normalized spacial score (nSPS) is 12.0. The molecule has 0 saturated heterocycles. The van der Waals surface area contributed by atoms with Crippen LogP contribution in [-0.2, 0) is 0 Å². The van der Waals surface area contributed by atoms with E-state index in [4.69, 9.17) is 21.1 Å². The van der Waals surface area contributed by atoms with Crippen molar-refractivity contribution in [2.45, 2.75) is 0 Å². The molecule has 0 aromatic heterocycles. The SMILES string of the molecule is CN(CCSC1=Cc2cc(O)ccc2Oc2ccc(F)cc21)C(=O)Oc1ccc(Cl)cc1. The lowest BCUT2D eigenvalue weighted by Crippen LogP contribution is -2.31. The first-order valence-corrected chi connectivity index (χ1v) is 11.1. The minimum absolute atomic E-state index is 0.106. The summed E-state index contributed by atoms with van der Waals surface area (Å²) in [5.41, 5.74) is 1.29. The monoisotopic (exact) mass is 471 g/mol. The minimum Gasteiger partial charge on any atom is -0.508 e. The number of rotatable bonds is 5. The maximum absolute atomic E-state index is 14.0. The number of benzene rings is 3. The molecule has 0 spiro atoms. The summed E-state index contributed by atoms with van der Waals surface area (Å²) in [6.45, 7) is 0.396. The average molecular weight is 472 g/mol. The molecule has 0 saturated carbocycles. The number of phenols is 1. The Hall–Kier alpha value is -3.16. The smallest absolute Gasteiger partial charge is 0.414 e. The fourth-order valence-electron chi connectivity index (χ4n) is 3.05. The third-order valence-corrected chi connectivity index (χ3v) is 6.01. The molecule has 1 aliphatic rings. The standard InChI is InChI=1S/C24H19ClFNO4S/c1-27(24(29)30-19-6-2-16(25)3-7-19)10-11-32-23-13-15-12-18(28)5-9-21(15)31-22-8-4-17(26)14-20(22)23/h2-9,12-14,28H,10-11H2,1H3. The zero-order chi connectivity index (χ0) is 22.7. The maximum atomic E-state index is 14.0. The predicted molar refractivity (Wildman–Crippen MR) is 125 cm³/mol. The van der Waals surface area contributed by atoms with Crippen molar-refractivity contribution in [3.8, 4) is 23.0 Å². The van der Waals surface area contributed by atoms with Gasteiger partial charge in [-0.2, -0.15) is 0 Å². The fraction of sp³-hybridized carbons (Fsp3) is 0.125. The molecule has 0 bridgehead atoms. The van der Waals surface area contributed by atoms with E-state index in [1.54, 1.807) is 49.5 Å². The van der Waals surface area contributed by atoms with Gasteiger partial charge >= 0.3 is 6.09 Å². The molecule has 0 fully saturated rings. The first kappa shape index (κ1) is 22.0. The summed E-state index contributed by atoms with van der Waals surface area (Å²) >= 11 is 7.30. The second-order valence-corrected chi connectivity index (χ2v) is 8.64. The van der Waals surface area contributed by atoms with E-state index < -0.39 is 6.09 Å². The Kier molecular flexibility index (Phi) is 6.58. The van der Waals surface area contributed by atoms with E-state index in [1.807, 2.05) is 6.08 Å². The number of aromatic hydroxyl groups is 1. The Morgan fingerprint density at radius 2 is 1.88 bits per heavy atom. The van der Waals surface area contributed by atoms with E-state index >= 15 is 0 Å². The second-order valence-electron chi connectivity index (χ2n) is 7.07. The number of hydrogen-bond acceptors (Lipinski definition) is 5. The van der Waals surface area contributed by atoms with E-state index in [1.165, 1.54) is 34.9 Å². The maximum Gasteiger partial charge on any atom is 0.414 e. The van der Waals surface area contributed by atoms with Crippen LogP contribution in [0.5, 0.6) is 23.0 Å². The molecule has 8 heteroatoms. The minimum atomic E-state index is -0.493. The molecule has 0 radical (unpaired) electrons.